The fourth-order valence-corrected chi connectivity index (χ4v) is 1.53. The van der Waals surface area contributed by atoms with Crippen LogP contribution in [-0.4, -0.2) is 10.2 Å². The predicted octanol–water partition coefficient (Wildman–Crippen LogP) is 3.47. The highest BCUT2D eigenvalue weighted by Gasteiger charge is 2.37. The van der Waals surface area contributed by atoms with E-state index in [2.05, 4.69) is 5.10 Å². The summed E-state index contributed by atoms with van der Waals surface area (Å²) in [7, 11) is 0. The Kier molecular flexibility index (Phi) is 3.38. The van der Waals surface area contributed by atoms with Gasteiger partial charge in [0.25, 0.3) is 0 Å². The Morgan fingerprint density at radius 2 is 1.84 bits per heavy atom. The molecule has 0 aliphatic carbocycles. The van der Waals surface area contributed by atoms with Gasteiger partial charge in [0.1, 0.15) is 17.3 Å². The van der Waals surface area contributed by atoms with E-state index in [-0.39, 0.29) is 5.69 Å². The molecule has 1 aromatic heterocycles. The van der Waals surface area contributed by atoms with Crippen molar-refractivity contribution in [1.29, 1.82) is 5.26 Å². The van der Waals surface area contributed by atoms with E-state index in [4.69, 9.17) is 5.26 Å². The molecular weight excluding hydrogens is 255 g/mol. The lowest BCUT2D eigenvalue weighted by atomic mass is 10.1. The quantitative estimate of drug-likeness (QED) is 0.901. The average molecular weight is 263 g/mol. The summed E-state index contributed by atoms with van der Waals surface area (Å²) in [5.41, 5.74) is -0.844. The van der Waals surface area contributed by atoms with Crippen molar-refractivity contribution in [3.8, 4) is 6.07 Å². The van der Waals surface area contributed by atoms with Gasteiger partial charge in [0.05, 0.1) is 0 Å². The molecule has 2 aromatic rings. The lowest BCUT2D eigenvalue weighted by Gasteiger charge is -2.01. The minimum Gasteiger partial charge on any atom is -0.272 e. The molecule has 96 valence electrons. The van der Waals surface area contributed by atoms with Crippen molar-refractivity contribution in [2.24, 2.45) is 0 Å². The third-order valence-electron chi connectivity index (χ3n) is 2.42. The summed E-state index contributed by atoms with van der Waals surface area (Å²) in [6.45, 7) is 0. The number of hydrogen-bond acceptors (Lipinski definition) is 2. The number of aromatic nitrogens is 2. The Morgan fingerprint density at radius 3 is 2.42 bits per heavy atom. The van der Waals surface area contributed by atoms with Gasteiger partial charge in [0.2, 0.25) is 0 Å². The van der Waals surface area contributed by atoms with Crippen molar-refractivity contribution in [2.75, 3.05) is 0 Å². The minimum absolute atomic E-state index is 0.0290. The van der Waals surface area contributed by atoms with Crippen LogP contribution in [0.5, 0.6) is 0 Å². The third-order valence-corrected chi connectivity index (χ3v) is 2.42. The van der Waals surface area contributed by atoms with Crippen LogP contribution in [0, 0.1) is 11.3 Å². The van der Waals surface area contributed by atoms with E-state index < -0.39 is 17.4 Å². The number of aromatic amines is 1. The summed E-state index contributed by atoms with van der Waals surface area (Å²) in [6, 6.07) is 10.5. The molecular formula is C13H8F3N3. The van der Waals surface area contributed by atoms with Crippen LogP contribution >= 0.6 is 0 Å². The number of benzene rings is 1. The number of nitrogens with one attached hydrogen (secondary N) is 1. The fraction of sp³-hybridized carbons (Fsp3) is 0.0769. The highest BCUT2D eigenvalue weighted by Crippen LogP contribution is 2.31. The maximum absolute atomic E-state index is 12.6. The summed E-state index contributed by atoms with van der Waals surface area (Å²) >= 11 is 0. The van der Waals surface area contributed by atoms with Crippen LogP contribution in [0.2, 0.25) is 0 Å². The largest absolute Gasteiger partial charge is 0.434 e. The van der Waals surface area contributed by atoms with Crippen molar-refractivity contribution in [1.82, 2.24) is 10.2 Å². The zero-order valence-corrected chi connectivity index (χ0v) is 9.57. The standard InChI is InChI=1S/C13H8F3N3/c14-13(15,16)12-10(8-17)11(18-19-12)7-6-9-4-2-1-3-5-9/h1-7H,(H,18,19)/b7-6+. The number of halogens is 3. The van der Waals surface area contributed by atoms with Crippen molar-refractivity contribution < 1.29 is 13.2 Å². The van der Waals surface area contributed by atoms with Gasteiger partial charge in [-0.2, -0.15) is 23.5 Å². The Hall–Kier alpha value is -2.55. The van der Waals surface area contributed by atoms with Crippen LogP contribution < -0.4 is 0 Å². The molecule has 1 heterocycles. The Balaban J connectivity index is 2.35. The summed E-state index contributed by atoms with van der Waals surface area (Å²) in [5.74, 6) is 0. The van der Waals surface area contributed by atoms with Crippen LogP contribution in [0.4, 0.5) is 13.2 Å². The molecule has 0 amide bonds. The molecule has 0 saturated carbocycles. The lowest BCUT2D eigenvalue weighted by molar-refractivity contribution is -0.141. The van der Waals surface area contributed by atoms with Gasteiger partial charge in [-0.3, -0.25) is 5.10 Å². The fourth-order valence-electron chi connectivity index (χ4n) is 1.53. The number of nitriles is 1. The number of hydrogen-bond donors (Lipinski definition) is 1. The van der Waals surface area contributed by atoms with Gasteiger partial charge in [0.15, 0.2) is 5.69 Å². The van der Waals surface area contributed by atoms with Gasteiger partial charge in [-0.15, -0.1) is 0 Å². The number of nitrogens with zero attached hydrogens (tertiary/aromatic N) is 2. The molecule has 6 heteroatoms. The van der Waals surface area contributed by atoms with E-state index in [1.807, 2.05) is 11.2 Å². The SMILES string of the molecule is N#Cc1c(/C=C/c2ccccc2)n[nH]c1C(F)(F)F. The highest BCUT2D eigenvalue weighted by atomic mass is 19.4. The van der Waals surface area contributed by atoms with E-state index in [0.717, 1.165) is 5.56 Å². The van der Waals surface area contributed by atoms with E-state index in [0.29, 0.717) is 0 Å². The second-order valence-corrected chi connectivity index (χ2v) is 3.71. The first-order chi connectivity index (χ1) is 9.02. The molecule has 0 aliphatic rings. The number of alkyl halides is 3. The van der Waals surface area contributed by atoms with Crippen molar-refractivity contribution in [2.45, 2.75) is 6.18 Å². The second kappa shape index (κ2) is 4.98. The zero-order valence-electron chi connectivity index (χ0n) is 9.57. The molecule has 0 aliphatic heterocycles. The molecule has 2 rings (SSSR count). The molecule has 0 spiro atoms. The molecule has 0 fully saturated rings. The third kappa shape index (κ3) is 2.83. The zero-order chi connectivity index (χ0) is 13.9. The molecule has 3 nitrogen and oxygen atoms in total. The number of rotatable bonds is 2. The minimum atomic E-state index is -4.61. The molecule has 0 radical (unpaired) electrons. The van der Waals surface area contributed by atoms with Crippen LogP contribution in [0.3, 0.4) is 0 Å². The molecule has 0 bridgehead atoms. The van der Waals surface area contributed by atoms with Crippen LogP contribution in [0.15, 0.2) is 30.3 Å². The summed E-state index contributed by atoms with van der Waals surface area (Å²) in [4.78, 5) is 0. The van der Waals surface area contributed by atoms with E-state index >= 15 is 0 Å². The van der Waals surface area contributed by atoms with Crippen molar-refractivity contribution in [3.05, 3.63) is 52.8 Å². The first-order valence-electron chi connectivity index (χ1n) is 5.31. The molecule has 19 heavy (non-hydrogen) atoms. The molecule has 1 aromatic carbocycles. The van der Waals surface area contributed by atoms with Crippen LogP contribution in [-0.2, 0) is 6.18 Å². The first kappa shape index (κ1) is 12.9. The van der Waals surface area contributed by atoms with Gasteiger partial charge in [-0.1, -0.05) is 36.4 Å². The molecule has 1 N–H and O–H groups in total. The van der Waals surface area contributed by atoms with Gasteiger partial charge < -0.3 is 0 Å². The van der Waals surface area contributed by atoms with Crippen molar-refractivity contribution >= 4 is 12.2 Å². The van der Waals surface area contributed by atoms with Crippen molar-refractivity contribution in [3.63, 3.8) is 0 Å². The Labute approximate surface area is 107 Å². The van der Waals surface area contributed by atoms with E-state index in [9.17, 15) is 13.2 Å². The summed E-state index contributed by atoms with van der Waals surface area (Å²) in [5, 5.41) is 14.2. The monoisotopic (exact) mass is 263 g/mol. The highest BCUT2D eigenvalue weighted by molar-refractivity contribution is 5.71. The molecule has 0 saturated heterocycles. The Morgan fingerprint density at radius 1 is 1.16 bits per heavy atom. The predicted molar refractivity (Wildman–Crippen MR) is 63.7 cm³/mol. The maximum atomic E-state index is 12.6. The van der Waals surface area contributed by atoms with Crippen LogP contribution in [0.1, 0.15) is 22.5 Å². The maximum Gasteiger partial charge on any atom is 0.434 e. The Bertz CT molecular complexity index is 633. The second-order valence-electron chi connectivity index (χ2n) is 3.71. The molecule has 0 atom stereocenters. The van der Waals surface area contributed by atoms with E-state index in [1.54, 1.807) is 30.3 Å². The van der Waals surface area contributed by atoms with E-state index in [1.165, 1.54) is 12.1 Å². The number of H-pyrrole nitrogens is 1. The summed E-state index contributed by atoms with van der Waals surface area (Å²) < 4.78 is 37.7. The summed E-state index contributed by atoms with van der Waals surface area (Å²) in [6.07, 6.45) is -1.65. The average Bonchev–Trinajstić information content (AvgIpc) is 2.80. The van der Waals surface area contributed by atoms with Gasteiger partial charge in [0, 0.05) is 0 Å². The lowest BCUT2D eigenvalue weighted by Crippen LogP contribution is -2.07. The van der Waals surface area contributed by atoms with Gasteiger partial charge in [-0.25, -0.2) is 0 Å². The van der Waals surface area contributed by atoms with Crippen LogP contribution in [0.25, 0.3) is 12.2 Å². The molecule has 0 unspecified atom stereocenters. The normalized spacial score (nSPS) is 11.7. The van der Waals surface area contributed by atoms with Gasteiger partial charge >= 0.3 is 6.18 Å². The first-order valence-corrected chi connectivity index (χ1v) is 5.31. The van der Waals surface area contributed by atoms with Gasteiger partial charge in [-0.05, 0) is 11.6 Å². The smallest absolute Gasteiger partial charge is 0.272 e. The topological polar surface area (TPSA) is 52.5 Å².